The third kappa shape index (κ3) is 3.67. The maximum Gasteiger partial charge on any atom is 0.229 e. The van der Waals surface area contributed by atoms with Crippen molar-refractivity contribution in [2.75, 3.05) is 6.93 Å². The Labute approximate surface area is 93.0 Å². The minimum Gasteiger partial charge on any atom is -0.490 e. The lowest BCUT2D eigenvalue weighted by Gasteiger charge is -2.23. The van der Waals surface area contributed by atoms with Gasteiger partial charge < -0.3 is 4.74 Å². The summed E-state index contributed by atoms with van der Waals surface area (Å²) in [4.78, 5) is 0. The van der Waals surface area contributed by atoms with E-state index in [1.54, 1.807) is 0 Å². The average molecular weight is 235 g/mol. The van der Waals surface area contributed by atoms with Crippen molar-refractivity contribution >= 4 is 11.6 Å². The molecule has 0 N–H and O–H groups in total. The molecular weight excluding hydrogens is 222 g/mol. The molecular formula is C11H13ClF2O. The highest BCUT2D eigenvalue weighted by molar-refractivity contribution is 6.30. The Morgan fingerprint density at radius 1 is 1.47 bits per heavy atom. The molecule has 1 aliphatic heterocycles. The number of alkyl halides is 2. The van der Waals surface area contributed by atoms with E-state index in [0.717, 1.165) is 23.6 Å². The van der Waals surface area contributed by atoms with Gasteiger partial charge in [0.15, 0.2) is 0 Å². The number of halogens is 3. The number of rotatable bonds is 0. The molecule has 0 aromatic heterocycles. The molecule has 4 heteroatoms. The van der Waals surface area contributed by atoms with Crippen LogP contribution in [0.4, 0.5) is 8.78 Å². The van der Waals surface area contributed by atoms with Crippen molar-refractivity contribution < 1.29 is 13.5 Å². The third-order valence-electron chi connectivity index (χ3n) is 2.18. The Bertz CT molecular complexity index is 317. The molecule has 0 spiro atoms. The Morgan fingerprint density at radius 2 is 2.13 bits per heavy atom. The van der Waals surface area contributed by atoms with E-state index in [1.807, 2.05) is 18.2 Å². The Balaban J connectivity index is 0.000000337. The summed E-state index contributed by atoms with van der Waals surface area (Å²) in [6, 6.07) is 5.86. The lowest BCUT2D eigenvalue weighted by Crippen LogP contribution is -2.18. The number of hydrogen-bond donors (Lipinski definition) is 0. The van der Waals surface area contributed by atoms with Gasteiger partial charge in [-0.2, -0.15) is 0 Å². The molecule has 0 bridgehead atoms. The fourth-order valence-electron chi connectivity index (χ4n) is 1.48. The summed E-state index contributed by atoms with van der Waals surface area (Å²) in [7, 11) is 0. The van der Waals surface area contributed by atoms with Crippen LogP contribution in [0.15, 0.2) is 18.2 Å². The van der Waals surface area contributed by atoms with Crippen LogP contribution in [0.5, 0.6) is 5.75 Å². The van der Waals surface area contributed by atoms with E-state index in [4.69, 9.17) is 16.3 Å². The molecule has 1 heterocycles. The summed E-state index contributed by atoms with van der Waals surface area (Å²) >= 11 is 5.84. The highest BCUT2D eigenvalue weighted by Gasteiger charge is 2.15. The van der Waals surface area contributed by atoms with Crippen LogP contribution in [0.25, 0.3) is 0 Å². The zero-order chi connectivity index (χ0) is 11.3. The van der Waals surface area contributed by atoms with Crippen molar-refractivity contribution in [2.24, 2.45) is 0 Å². The molecule has 1 nitrogen and oxygen atoms in total. The summed E-state index contributed by atoms with van der Waals surface area (Å²) in [6.07, 6.45) is 2.54. The molecule has 0 radical (unpaired) electrons. The van der Waals surface area contributed by atoms with Crippen LogP contribution in [0, 0.1) is 0 Å². The molecule has 84 valence electrons. The fraction of sp³-hybridized carbons (Fsp3) is 0.455. The second-order valence-electron chi connectivity index (χ2n) is 3.32. The summed E-state index contributed by atoms with van der Waals surface area (Å²) in [6.45, 7) is 0.337. The summed E-state index contributed by atoms with van der Waals surface area (Å²) in [5.74, 6) is 0.959. The molecule has 0 saturated carbocycles. The van der Waals surface area contributed by atoms with Crippen LogP contribution in [-0.4, -0.2) is 13.0 Å². The second-order valence-corrected chi connectivity index (χ2v) is 3.76. The summed E-state index contributed by atoms with van der Waals surface area (Å²) < 4.78 is 24.9. The van der Waals surface area contributed by atoms with E-state index in [0.29, 0.717) is 6.10 Å². The Hall–Kier alpha value is -0.830. The van der Waals surface area contributed by atoms with Crippen LogP contribution >= 0.6 is 11.6 Å². The maximum absolute atomic E-state index is 9.62. The average Bonchev–Trinajstić information content (AvgIpc) is 2.18. The molecule has 0 fully saturated rings. The normalized spacial score (nSPS) is 18.3. The topological polar surface area (TPSA) is 9.23 Å². The monoisotopic (exact) mass is 234 g/mol. The molecule has 2 rings (SSSR count). The Morgan fingerprint density at radius 3 is 2.80 bits per heavy atom. The van der Waals surface area contributed by atoms with Crippen LogP contribution in [-0.2, 0) is 6.42 Å². The minimum atomic E-state index is -1.75. The number of hydrogen-bond acceptors (Lipinski definition) is 1. The molecule has 1 aromatic rings. The van der Waals surface area contributed by atoms with Gasteiger partial charge in [0.05, 0.1) is 6.10 Å². The van der Waals surface area contributed by atoms with Gasteiger partial charge in [0.1, 0.15) is 5.75 Å². The van der Waals surface area contributed by atoms with Gasteiger partial charge in [-0.1, -0.05) is 17.7 Å². The van der Waals surface area contributed by atoms with Gasteiger partial charge in [0.2, 0.25) is 6.93 Å². The predicted molar refractivity (Wildman–Crippen MR) is 56.9 cm³/mol. The first kappa shape index (κ1) is 12.2. The lowest BCUT2D eigenvalue weighted by atomic mass is 10.0. The standard InChI is InChI=1S/C10H11ClO.CH2F2/c1-7-2-3-8-4-5-9(11)6-10(8)12-7;2-1-3/h4-7H,2-3H2,1H3;1H2/t7-;/m1./s1. The number of fused-ring (bicyclic) bond motifs is 1. The molecule has 0 unspecified atom stereocenters. The second kappa shape index (κ2) is 5.91. The first-order valence-electron chi connectivity index (χ1n) is 4.74. The number of benzene rings is 1. The predicted octanol–water partition coefficient (Wildman–Crippen LogP) is 3.94. The van der Waals surface area contributed by atoms with Crippen LogP contribution in [0.1, 0.15) is 18.9 Å². The maximum atomic E-state index is 9.62. The van der Waals surface area contributed by atoms with Gasteiger partial charge >= 0.3 is 0 Å². The van der Waals surface area contributed by atoms with Crippen molar-refractivity contribution in [3.8, 4) is 5.75 Å². The number of aryl methyl sites for hydroxylation is 1. The summed E-state index contributed by atoms with van der Waals surface area (Å²) in [5.41, 5.74) is 1.28. The van der Waals surface area contributed by atoms with Crippen molar-refractivity contribution in [2.45, 2.75) is 25.9 Å². The van der Waals surface area contributed by atoms with Crippen LogP contribution < -0.4 is 4.74 Å². The molecule has 15 heavy (non-hydrogen) atoms. The largest absolute Gasteiger partial charge is 0.490 e. The van der Waals surface area contributed by atoms with E-state index < -0.39 is 6.93 Å². The van der Waals surface area contributed by atoms with Gasteiger partial charge in [-0.05, 0) is 37.5 Å². The van der Waals surface area contributed by atoms with Crippen LogP contribution in [0.2, 0.25) is 5.02 Å². The molecule has 0 saturated heterocycles. The van der Waals surface area contributed by atoms with E-state index in [2.05, 4.69) is 6.92 Å². The SMILES string of the molecule is C[C@@H]1CCc2ccc(Cl)cc2O1.FCF. The van der Waals surface area contributed by atoms with E-state index >= 15 is 0 Å². The van der Waals surface area contributed by atoms with Crippen molar-refractivity contribution in [3.63, 3.8) is 0 Å². The molecule has 1 atom stereocenters. The molecule has 0 aliphatic carbocycles. The Kier molecular flexibility index (Phi) is 4.82. The van der Waals surface area contributed by atoms with Crippen molar-refractivity contribution in [3.05, 3.63) is 28.8 Å². The molecule has 1 aliphatic rings. The first-order chi connectivity index (χ1) is 7.17. The van der Waals surface area contributed by atoms with Gasteiger partial charge in [-0.15, -0.1) is 0 Å². The third-order valence-corrected chi connectivity index (χ3v) is 2.41. The van der Waals surface area contributed by atoms with Gasteiger partial charge in [0.25, 0.3) is 0 Å². The highest BCUT2D eigenvalue weighted by atomic mass is 35.5. The lowest BCUT2D eigenvalue weighted by molar-refractivity contribution is 0.192. The molecule has 1 aromatic carbocycles. The zero-order valence-electron chi connectivity index (χ0n) is 8.47. The van der Waals surface area contributed by atoms with E-state index in [-0.39, 0.29) is 0 Å². The van der Waals surface area contributed by atoms with Crippen molar-refractivity contribution in [1.29, 1.82) is 0 Å². The first-order valence-corrected chi connectivity index (χ1v) is 5.12. The zero-order valence-corrected chi connectivity index (χ0v) is 9.23. The highest BCUT2D eigenvalue weighted by Crippen LogP contribution is 2.29. The summed E-state index contributed by atoms with van der Waals surface area (Å²) in [5, 5.41) is 0.753. The fourth-order valence-corrected chi connectivity index (χ4v) is 1.64. The van der Waals surface area contributed by atoms with Gasteiger partial charge in [0, 0.05) is 5.02 Å². The number of ether oxygens (including phenoxy) is 1. The van der Waals surface area contributed by atoms with E-state index in [9.17, 15) is 8.78 Å². The quantitative estimate of drug-likeness (QED) is 0.661. The van der Waals surface area contributed by atoms with E-state index in [1.165, 1.54) is 5.56 Å². The smallest absolute Gasteiger partial charge is 0.229 e. The van der Waals surface area contributed by atoms with Gasteiger partial charge in [-0.3, -0.25) is 0 Å². The van der Waals surface area contributed by atoms with Crippen molar-refractivity contribution in [1.82, 2.24) is 0 Å². The van der Waals surface area contributed by atoms with Crippen LogP contribution in [0.3, 0.4) is 0 Å². The molecule has 0 amide bonds. The van der Waals surface area contributed by atoms with Gasteiger partial charge in [-0.25, -0.2) is 8.78 Å². The minimum absolute atomic E-state index is 0.330.